The first-order valence-corrected chi connectivity index (χ1v) is 11.6. The first-order valence-electron chi connectivity index (χ1n) is 11.6. The largest absolute Gasteiger partial charge is 0.497 e. The van der Waals surface area contributed by atoms with Crippen molar-refractivity contribution >= 4 is 29.6 Å². The van der Waals surface area contributed by atoms with Crippen LogP contribution in [0.2, 0.25) is 0 Å². The fraction of sp³-hybridized carbons (Fsp3) is 0.185. The lowest BCUT2D eigenvalue weighted by molar-refractivity contribution is -0.139. The van der Waals surface area contributed by atoms with Crippen LogP contribution < -0.4 is 30.3 Å². The van der Waals surface area contributed by atoms with Gasteiger partial charge < -0.3 is 24.8 Å². The maximum Gasteiger partial charge on any atom is 0.329 e. The molecule has 3 aromatic rings. The van der Waals surface area contributed by atoms with Crippen LogP contribution in [0.3, 0.4) is 0 Å². The summed E-state index contributed by atoms with van der Waals surface area (Å²) >= 11 is 0. The van der Waals surface area contributed by atoms with Crippen molar-refractivity contribution < 1.29 is 33.0 Å². The Balaban J connectivity index is 1.50. The molecule has 11 heteroatoms. The monoisotopic (exact) mass is 522 g/mol. The van der Waals surface area contributed by atoms with E-state index in [9.17, 15) is 18.8 Å². The molecule has 0 bridgehead atoms. The van der Waals surface area contributed by atoms with Gasteiger partial charge in [-0.25, -0.2) is 9.82 Å². The normalized spacial score (nSPS) is 10.5. The number of rotatable bonds is 11. The average molecular weight is 523 g/mol. The molecule has 0 aliphatic carbocycles. The topological polar surface area (TPSA) is 127 Å². The summed E-state index contributed by atoms with van der Waals surface area (Å²) < 4.78 is 29.2. The van der Waals surface area contributed by atoms with Crippen molar-refractivity contribution in [2.45, 2.75) is 13.5 Å². The van der Waals surface area contributed by atoms with Crippen molar-refractivity contribution in [3.05, 3.63) is 83.7 Å². The van der Waals surface area contributed by atoms with Crippen molar-refractivity contribution in [3.63, 3.8) is 0 Å². The number of hydrogen-bond acceptors (Lipinski definition) is 7. The third-order valence-corrected chi connectivity index (χ3v) is 4.95. The maximum atomic E-state index is 13.0. The summed E-state index contributed by atoms with van der Waals surface area (Å²) in [6.45, 7) is 1.99. The molecule has 0 aromatic heterocycles. The van der Waals surface area contributed by atoms with E-state index in [0.717, 1.165) is 5.56 Å². The molecule has 198 valence electrons. The van der Waals surface area contributed by atoms with Gasteiger partial charge >= 0.3 is 11.8 Å². The fourth-order valence-corrected chi connectivity index (χ4v) is 3.09. The molecule has 0 heterocycles. The van der Waals surface area contributed by atoms with Gasteiger partial charge in [0.1, 0.15) is 11.6 Å². The van der Waals surface area contributed by atoms with Crippen molar-refractivity contribution in [2.24, 2.45) is 5.10 Å². The molecule has 38 heavy (non-hydrogen) atoms. The molecule has 0 unspecified atom stereocenters. The van der Waals surface area contributed by atoms with Gasteiger partial charge in [-0.1, -0.05) is 12.1 Å². The van der Waals surface area contributed by atoms with E-state index >= 15 is 0 Å². The van der Waals surface area contributed by atoms with E-state index in [0.29, 0.717) is 35.1 Å². The second-order valence-corrected chi connectivity index (χ2v) is 7.71. The summed E-state index contributed by atoms with van der Waals surface area (Å²) in [5.41, 5.74) is 3.96. The highest BCUT2D eigenvalue weighted by atomic mass is 19.1. The Hall–Kier alpha value is -4.93. The van der Waals surface area contributed by atoms with Crippen LogP contribution in [0.15, 0.2) is 71.8 Å². The molecule has 3 amide bonds. The smallest absolute Gasteiger partial charge is 0.329 e. The molecule has 3 N–H and O–H groups in total. The van der Waals surface area contributed by atoms with Crippen molar-refractivity contribution in [1.82, 2.24) is 10.7 Å². The Morgan fingerprint density at radius 2 is 1.66 bits per heavy atom. The number of hydrogen-bond donors (Lipinski definition) is 3. The molecule has 0 saturated heterocycles. The van der Waals surface area contributed by atoms with Crippen molar-refractivity contribution in [1.29, 1.82) is 0 Å². The summed E-state index contributed by atoms with van der Waals surface area (Å²) in [6.07, 6.45) is 1.34. The van der Waals surface area contributed by atoms with Crippen molar-refractivity contribution in [2.75, 3.05) is 25.6 Å². The Morgan fingerprint density at radius 1 is 0.921 bits per heavy atom. The standard InChI is InChI=1S/C27H27FN4O6/c1-3-37-24-14-19(6-13-23(24)38-17-25(33)31-21-9-7-20(28)8-10-21)16-30-32-27(35)26(34)29-15-18-4-11-22(36-2)12-5-18/h4-14,16H,3,15,17H2,1-2H3,(H,29,34)(H,31,33)(H,32,35)/b30-16-. The predicted molar refractivity (Wildman–Crippen MR) is 139 cm³/mol. The molecular weight excluding hydrogens is 495 g/mol. The lowest BCUT2D eigenvalue weighted by atomic mass is 10.2. The predicted octanol–water partition coefficient (Wildman–Crippen LogP) is 3.02. The quantitative estimate of drug-likeness (QED) is 0.202. The highest BCUT2D eigenvalue weighted by Crippen LogP contribution is 2.28. The Labute approximate surface area is 218 Å². The highest BCUT2D eigenvalue weighted by Gasteiger charge is 2.13. The van der Waals surface area contributed by atoms with Gasteiger partial charge in [0.05, 0.1) is 19.9 Å². The molecular formula is C27H27FN4O6. The third-order valence-electron chi connectivity index (χ3n) is 4.95. The van der Waals surface area contributed by atoms with Crippen LogP contribution in [-0.4, -0.2) is 44.3 Å². The van der Waals surface area contributed by atoms with Crippen LogP contribution in [0.4, 0.5) is 10.1 Å². The fourth-order valence-electron chi connectivity index (χ4n) is 3.09. The van der Waals surface area contributed by atoms with E-state index in [2.05, 4.69) is 21.2 Å². The Morgan fingerprint density at radius 3 is 2.34 bits per heavy atom. The minimum atomic E-state index is -0.924. The number of ether oxygens (including phenoxy) is 3. The number of carbonyl (C=O) groups is 3. The van der Waals surface area contributed by atoms with Crippen LogP contribution in [-0.2, 0) is 20.9 Å². The minimum Gasteiger partial charge on any atom is -0.497 e. The summed E-state index contributed by atoms with van der Waals surface area (Å²) in [6, 6.07) is 17.2. The van der Waals surface area contributed by atoms with Gasteiger partial charge in [0, 0.05) is 12.2 Å². The molecule has 0 atom stereocenters. The lowest BCUT2D eigenvalue weighted by Crippen LogP contribution is -2.37. The van der Waals surface area contributed by atoms with Gasteiger partial charge in [-0.2, -0.15) is 5.10 Å². The molecule has 3 aromatic carbocycles. The van der Waals surface area contributed by atoms with Crippen molar-refractivity contribution in [3.8, 4) is 17.2 Å². The van der Waals surface area contributed by atoms with E-state index in [1.807, 2.05) is 0 Å². The summed E-state index contributed by atoms with van der Waals surface area (Å²) in [5, 5.41) is 8.92. The molecule has 10 nitrogen and oxygen atoms in total. The van der Waals surface area contributed by atoms with E-state index in [1.165, 1.54) is 30.5 Å². The van der Waals surface area contributed by atoms with E-state index in [1.54, 1.807) is 56.5 Å². The minimum absolute atomic E-state index is 0.168. The Kier molecular flexibility index (Phi) is 10.2. The number of halogens is 1. The lowest BCUT2D eigenvalue weighted by Gasteiger charge is -2.12. The van der Waals surface area contributed by atoms with E-state index in [-0.39, 0.29) is 13.2 Å². The van der Waals surface area contributed by atoms with Gasteiger partial charge in [0.2, 0.25) is 0 Å². The zero-order valence-electron chi connectivity index (χ0n) is 20.8. The second-order valence-electron chi connectivity index (χ2n) is 7.71. The number of hydrazone groups is 1. The van der Waals surface area contributed by atoms with Gasteiger partial charge in [-0.15, -0.1) is 0 Å². The Bertz CT molecular complexity index is 1280. The molecule has 0 spiro atoms. The summed E-state index contributed by atoms with van der Waals surface area (Å²) in [5.74, 6) is -1.24. The number of methoxy groups -OCH3 is 1. The molecule has 0 aliphatic heterocycles. The number of carbonyl (C=O) groups excluding carboxylic acids is 3. The molecule has 3 rings (SSSR count). The third kappa shape index (κ3) is 8.63. The number of nitrogens with one attached hydrogen (secondary N) is 3. The SMILES string of the molecule is CCOc1cc(/C=N\NC(=O)C(=O)NCc2ccc(OC)cc2)ccc1OCC(=O)Nc1ccc(F)cc1. The second kappa shape index (κ2) is 14.0. The van der Waals surface area contributed by atoms with Gasteiger partial charge in [0.15, 0.2) is 18.1 Å². The van der Waals surface area contributed by atoms with Gasteiger partial charge in [-0.05, 0) is 72.6 Å². The first-order chi connectivity index (χ1) is 18.4. The van der Waals surface area contributed by atoms with Crippen LogP contribution in [0.5, 0.6) is 17.2 Å². The van der Waals surface area contributed by atoms with Gasteiger partial charge in [-0.3, -0.25) is 14.4 Å². The average Bonchev–Trinajstić information content (AvgIpc) is 2.93. The number of anilines is 1. The maximum absolute atomic E-state index is 13.0. The number of amides is 3. The van der Waals surface area contributed by atoms with E-state index < -0.39 is 23.5 Å². The first kappa shape index (κ1) is 27.7. The summed E-state index contributed by atoms with van der Waals surface area (Å²) in [4.78, 5) is 36.2. The van der Waals surface area contributed by atoms with E-state index in [4.69, 9.17) is 14.2 Å². The molecule has 0 aliphatic rings. The van der Waals surface area contributed by atoms with Crippen LogP contribution >= 0.6 is 0 Å². The molecule has 0 saturated carbocycles. The zero-order chi connectivity index (χ0) is 27.3. The van der Waals surface area contributed by atoms with Crippen LogP contribution in [0.1, 0.15) is 18.1 Å². The number of nitrogens with zero attached hydrogens (tertiary/aromatic N) is 1. The van der Waals surface area contributed by atoms with Gasteiger partial charge in [0.25, 0.3) is 5.91 Å². The van der Waals surface area contributed by atoms with Crippen LogP contribution in [0, 0.1) is 5.82 Å². The summed E-state index contributed by atoms with van der Waals surface area (Å²) in [7, 11) is 1.56. The number of benzene rings is 3. The molecule has 0 radical (unpaired) electrons. The molecule has 0 fully saturated rings. The van der Waals surface area contributed by atoms with Crippen LogP contribution in [0.25, 0.3) is 0 Å². The zero-order valence-corrected chi connectivity index (χ0v) is 20.8. The highest BCUT2D eigenvalue weighted by molar-refractivity contribution is 6.35.